The van der Waals surface area contributed by atoms with Gasteiger partial charge >= 0.3 is 11.9 Å². The third kappa shape index (κ3) is 5.95. The van der Waals surface area contributed by atoms with Gasteiger partial charge in [-0.15, -0.1) is 0 Å². The number of Topliss-reactive ketones (excluding diaryl/α,β-unsaturated/α-hetero) is 1. The molecule has 0 bridgehead atoms. The number of hydrogen-bond acceptors (Lipinski definition) is 6. The molecule has 0 N–H and O–H groups in total. The molecular weight excluding hydrogens is 348 g/mol. The molecule has 0 saturated carbocycles. The first-order valence-corrected chi connectivity index (χ1v) is 8.78. The fraction of sp³-hybridized carbons (Fsp3) is 0.286. The summed E-state index contributed by atoms with van der Waals surface area (Å²) >= 11 is 0. The number of carbonyl (C=O) groups is 3. The number of esters is 2. The molecule has 0 heterocycles. The molecule has 0 atom stereocenters. The first-order valence-electron chi connectivity index (χ1n) is 8.78. The maximum atomic E-state index is 12.1. The summed E-state index contributed by atoms with van der Waals surface area (Å²) in [4.78, 5) is 35.5. The van der Waals surface area contributed by atoms with Gasteiger partial charge in [0.25, 0.3) is 0 Å². The van der Waals surface area contributed by atoms with Gasteiger partial charge in [-0.2, -0.15) is 0 Å². The van der Waals surface area contributed by atoms with Gasteiger partial charge in [-0.25, -0.2) is 4.79 Å². The van der Waals surface area contributed by atoms with Crippen molar-refractivity contribution in [1.29, 1.82) is 0 Å². The summed E-state index contributed by atoms with van der Waals surface area (Å²) < 4.78 is 15.6. The average molecular weight is 370 g/mol. The van der Waals surface area contributed by atoms with Crippen LogP contribution in [0.1, 0.15) is 47.4 Å². The zero-order chi connectivity index (χ0) is 19.6. The van der Waals surface area contributed by atoms with Crippen LogP contribution in [0.2, 0.25) is 0 Å². The smallest absolute Gasteiger partial charge is 0.341 e. The zero-order valence-corrected chi connectivity index (χ0v) is 15.4. The highest BCUT2D eigenvalue weighted by Crippen LogP contribution is 2.26. The monoisotopic (exact) mass is 370 g/mol. The summed E-state index contributed by atoms with van der Waals surface area (Å²) in [7, 11) is 0. The van der Waals surface area contributed by atoms with Crippen LogP contribution in [-0.2, 0) is 14.3 Å². The van der Waals surface area contributed by atoms with Gasteiger partial charge in [-0.05, 0) is 50.2 Å². The van der Waals surface area contributed by atoms with E-state index >= 15 is 0 Å². The fourth-order valence-corrected chi connectivity index (χ4v) is 2.36. The van der Waals surface area contributed by atoms with Crippen molar-refractivity contribution in [2.24, 2.45) is 0 Å². The number of para-hydroxylation sites is 1. The Morgan fingerprint density at radius 1 is 0.815 bits per heavy atom. The number of ketones is 1. The van der Waals surface area contributed by atoms with Crippen LogP contribution in [0.15, 0.2) is 48.5 Å². The SMILES string of the molecule is CCOC(=O)CCC(=O)c1ccc(Oc2ccccc2C(=O)OCC)cc1. The summed E-state index contributed by atoms with van der Waals surface area (Å²) in [6.45, 7) is 4.03. The van der Waals surface area contributed by atoms with Crippen molar-refractivity contribution in [3.8, 4) is 11.5 Å². The molecule has 2 aromatic carbocycles. The highest BCUT2D eigenvalue weighted by molar-refractivity contribution is 5.97. The van der Waals surface area contributed by atoms with E-state index < -0.39 is 5.97 Å². The molecule has 2 aromatic rings. The van der Waals surface area contributed by atoms with Crippen LogP contribution in [-0.4, -0.2) is 30.9 Å². The van der Waals surface area contributed by atoms with Crippen molar-refractivity contribution < 1.29 is 28.6 Å². The number of hydrogen-bond donors (Lipinski definition) is 0. The van der Waals surface area contributed by atoms with Crippen molar-refractivity contribution in [3.63, 3.8) is 0 Å². The first-order chi connectivity index (χ1) is 13.0. The van der Waals surface area contributed by atoms with E-state index in [1.165, 1.54) is 0 Å². The molecule has 0 aliphatic carbocycles. The lowest BCUT2D eigenvalue weighted by atomic mass is 10.1. The number of ether oxygens (including phenoxy) is 3. The van der Waals surface area contributed by atoms with Gasteiger partial charge in [0, 0.05) is 12.0 Å². The topological polar surface area (TPSA) is 78.9 Å². The van der Waals surface area contributed by atoms with Gasteiger partial charge in [0.05, 0.1) is 19.6 Å². The van der Waals surface area contributed by atoms with Crippen molar-refractivity contribution in [1.82, 2.24) is 0 Å². The molecule has 142 valence electrons. The molecule has 0 saturated heterocycles. The zero-order valence-electron chi connectivity index (χ0n) is 15.4. The standard InChI is InChI=1S/C21H22O6/c1-3-25-20(23)14-13-18(22)15-9-11-16(12-10-15)27-19-8-6-5-7-17(19)21(24)26-4-2/h5-12H,3-4,13-14H2,1-2H3. The lowest BCUT2D eigenvalue weighted by Crippen LogP contribution is -2.08. The molecule has 6 nitrogen and oxygen atoms in total. The minimum Gasteiger partial charge on any atom is -0.466 e. The van der Waals surface area contributed by atoms with Crippen LogP contribution in [0.5, 0.6) is 11.5 Å². The second kappa shape index (κ2) is 10.1. The number of rotatable bonds is 9. The van der Waals surface area contributed by atoms with Gasteiger partial charge in [0.15, 0.2) is 5.78 Å². The molecule has 0 fully saturated rings. The van der Waals surface area contributed by atoms with Crippen molar-refractivity contribution in [2.75, 3.05) is 13.2 Å². The van der Waals surface area contributed by atoms with E-state index in [4.69, 9.17) is 14.2 Å². The lowest BCUT2D eigenvalue weighted by molar-refractivity contribution is -0.143. The molecule has 0 spiro atoms. The Bertz CT molecular complexity index is 795. The fourth-order valence-electron chi connectivity index (χ4n) is 2.36. The Morgan fingerprint density at radius 3 is 2.15 bits per heavy atom. The number of carbonyl (C=O) groups excluding carboxylic acids is 3. The summed E-state index contributed by atoms with van der Waals surface area (Å²) in [5.74, 6) is -0.146. The van der Waals surface area contributed by atoms with Crippen molar-refractivity contribution in [3.05, 3.63) is 59.7 Å². The second-order valence-electron chi connectivity index (χ2n) is 5.57. The van der Waals surface area contributed by atoms with Crippen molar-refractivity contribution in [2.45, 2.75) is 26.7 Å². The molecule has 0 radical (unpaired) electrons. The summed E-state index contributed by atoms with van der Waals surface area (Å²) in [6.07, 6.45) is 0.141. The van der Waals surface area contributed by atoms with Crippen LogP contribution >= 0.6 is 0 Å². The molecule has 0 unspecified atom stereocenters. The Morgan fingerprint density at radius 2 is 1.48 bits per heavy atom. The largest absolute Gasteiger partial charge is 0.466 e. The third-order valence-corrected chi connectivity index (χ3v) is 3.65. The van der Waals surface area contributed by atoms with E-state index in [9.17, 15) is 14.4 Å². The highest BCUT2D eigenvalue weighted by Gasteiger charge is 2.14. The lowest BCUT2D eigenvalue weighted by Gasteiger charge is -2.10. The molecular formula is C21H22O6. The van der Waals surface area contributed by atoms with Gasteiger partial charge in [-0.1, -0.05) is 12.1 Å². The molecule has 2 rings (SSSR count). The van der Waals surface area contributed by atoms with Gasteiger partial charge in [0.1, 0.15) is 17.1 Å². The molecule has 27 heavy (non-hydrogen) atoms. The molecule has 0 aliphatic heterocycles. The van der Waals surface area contributed by atoms with Gasteiger partial charge in [-0.3, -0.25) is 9.59 Å². The average Bonchev–Trinajstić information content (AvgIpc) is 2.67. The van der Waals surface area contributed by atoms with Crippen LogP contribution in [0.3, 0.4) is 0 Å². The molecule has 0 aromatic heterocycles. The highest BCUT2D eigenvalue weighted by atomic mass is 16.5. The maximum Gasteiger partial charge on any atom is 0.341 e. The van der Waals surface area contributed by atoms with E-state index in [-0.39, 0.29) is 31.2 Å². The predicted octanol–water partition coefficient (Wildman–Crippen LogP) is 4.18. The van der Waals surface area contributed by atoms with Crippen LogP contribution in [0.25, 0.3) is 0 Å². The van der Waals surface area contributed by atoms with E-state index in [1.54, 1.807) is 62.4 Å². The summed E-state index contributed by atoms with van der Waals surface area (Å²) in [5, 5.41) is 0. The van der Waals surface area contributed by atoms with Crippen LogP contribution < -0.4 is 4.74 Å². The Labute approximate surface area is 158 Å². The first kappa shape index (κ1) is 20.2. The van der Waals surface area contributed by atoms with Gasteiger partial charge < -0.3 is 14.2 Å². The van der Waals surface area contributed by atoms with E-state index in [1.807, 2.05) is 0 Å². The maximum absolute atomic E-state index is 12.1. The quantitative estimate of drug-likeness (QED) is 0.487. The minimum atomic E-state index is -0.459. The van der Waals surface area contributed by atoms with Crippen LogP contribution in [0.4, 0.5) is 0 Å². The normalized spacial score (nSPS) is 10.1. The molecule has 6 heteroatoms. The Kier molecular flexibility index (Phi) is 7.55. The second-order valence-corrected chi connectivity index (χ2v) is 5.57. The Balaban J connectivity index is 2.03. The van der Waals surface area contributed by atoms with E-state index in [0.29, 0.717) is 29.2 Å². The van der Waals surface area contributed by atoms with Crippen LogP contribution in [0, 0.1) is 0 Å². The molecule has 0 amide bonds. The van der Waals surface area contributed by atoms with E-state index in [0.717, 1.165) is 0 Å². The van der Waals surface area contributed by atoms with E-state index in [2.05, 4.69) is 0 Å². The molecule has 0 aliphatic rings. The Hall–Kier alpha value is -3.15. The van der Waals surface area contributed by atoms with Gasteiger partial charge in [0.2, 0.25) is 0 Å². The predicted molar refractivity (Wildman–Crippen MR) is 99.1 cm³/mol. The minimum absolute atomic E-state index is 0.0534. The third-order valence-electron chi connectivity index (χ3n) is 3.65. The summed E-state index contributed by atoms with van der Waals surface area (Å²) in [5.41, 5.74) is 0.805. The van der Waals surface area contributed by atoms with Crippen molar-refractivity contribution >= 4 is 17.7 Å². The number of benzene rings is 2. The summed E-state index contributed by atoms with van der Waals surface area (Å²) in [6, 6.07) is 13.3.